The quantitative estimate of drug-likeness (QED) is 0.894. The Kier molecular flexibility index (Phi) is 4.96. The molecule has 5 heteroatoms. The van der Waals surface area contributed by atoms with E-state index in [1.165, 1.54) is 0 Å². The number of anilines is 1. The third-order valence-corrected chi connectivity index (χ3v) is 4.12. The van der Waals surface area contributed by atoms with Gasteiger partial charge in [0.1, 0.15) is 0 Å². The molecule has 1 heterocycles. The average molecular weight is 326 g/mol. The first-order chi connectivity index (χ1) is 9.04. The van der Waals surface area contributed by atoms with Crippen LogP contribution in [0.15, 0.2) is 28.7 Å². The smallest absolute Gasteiger partial charge is 0.238 e. The minimum Gasteiger partial charge on any atom is -0.326 e. The van der Waals surface area contributed by atoms with E-state index in [0.29, 0.717) is 12.5 Å². The van der Waals surface area contributed by atoms with E-state index in [4.69, 9.17) is 5.73 Å². The van der Waals surface area contributed by atoms with Gasteiger partial charge in [-0.15, -0.1) is 0 Å². The lowest BCUT2D eigenvalue weighted by atomic mass is 9.94. The molecule has 1 aromatic rings. The molecule has 0 aromatic heterocycles. The number of hydrogen-bond donors (Lipinski definition) is 2. The van der Waals surface area contributed by atoms with Crippen LogP contribution in [-0.2, 0) is 4.79 Å². The molecule has 0 radical (unpaired) electrons. The van der Waals surface area contributed by atoms with Gasteiger partial charge in [0, 0.05) is 22.7 Å². The van der Waals surface area contributed by atoms with Crippen LogP contribution in [0.3, 0.4) is 0 Å². The van der Waals surface area contributed by atoms with Crippen LogP contribution in [0.4, 0.5) is 5.69 Å². The molecule has 1 aliphatic heterocycles. The maximum absolute atomic E-state index is 11.9. The summed E-state index contributed by atoms with van der Waals surface area (Å²) < 4.78 is 1.00. The predicted molar refractivity (Wildman–Crippen MR) is 81.0 cm³/mol. The first-order valence-corrected chi connectivity index (χ1v) is 7.37. The molecule has 1 amide bonds. The van der Waals surface area contributed by atoms with Crippen LogP contribution < -0.4 is 11.1 Å². The number of amides is 1. The molecule has 104 valence electrons. The van der Waals surface area contributed by atoms with Crippen molar-refractivity contribution in [2.24, 2.45) is 11.7 Å². The first-order valence-electron chi connectivity index (χ1n) is 6.58. The van der Waals surface area contributed by atoms with Gasteiger partial charge >= 0.3 is 0 Å². The molecule has 2 rings (SSSR count). The van der Waals surface area contributed by atoms with Crippen molar-refractivity contribution in [3.05, 3.63) is 28.7 Å². The van der Waals surface area contributed by atoms with Crippen molar-refractivity contribution in [3.8, 4) is 0 Å². The van der Waals surface area contributed by atoms with Gasteiger partial charge in [-0.1, -0.05) is 22.9 Å². The highest BCUT2D eigenvalue weighted by Gasteiger charge is 2.24. The highest BCUT2D eigenvalue weighted by atomic mass is 79.9. The second-order valence-corrected chi connectivity index (χ2v) is 6.14. The Morgan fingerprint density at radius 2 is 2.16 bits per heavy atom. The Bertz CT molecular complexity index is 435. The van der Waals surface area contributed by atoms with E-state index in [0.717, 1.165) is 29.7 Å². The molecular formula is C14H20BrN3O. The summed E-state index contributed by atoms with van der Waals surface area (Å²) in [6.45, 7) is 4.33. The van der Waals surface area contributed by atoms with E-state index < -0.39 is 0 Å². The maximum atomic E-state index is 11.9. The summed E-state index contributed by atoms with van der Waals surface area (Å²) >= 11 is 3.37. The summed E-state index contributed by atoms with van der Waals surface area (Å²) in [6, 6.07) is 7.76. The van der Waals surface area contributed by atoms with Crippen molar-refractivity contribution in [3.63, 3.8) is 0 Å². The molecule has 1 aliphatic rings. The van der Waals surface area contributed by atoms with Gasteiger partial charge in [-0.05, 0) is 43.1 Å². The van der Waals surface area contributed by atoms with Crippen LogP contribution in [0.2, 0.25) is 0 Å². The van der Waals surface area contributed by atoms with Gasteiger partial charge in [0.2, 0.25) is 5.91 Å². The molecular weight excluding hydrogens is 306 g/mol. The average Bonchev–Trinajstić information content (AvgIpc) is 2.37. The Hall–Kier alpha value is -0.910. The Morgan fingerprint density at radius 1 is 1.47 bits per heavy atom. The zero-order valence-electron chi connectivity index (χ0n) is 11.1. The molecule has 1 aromatic carbocycles. The number of rotatable bonds is 3. The summed E-state index contributed by atoms with van der Waals surface area (Å²) in [7, 11) is 0. The standard InChI is InChI=1S/C14H20BrN3O/c1-10-6-7-18(8-13(10)16)9-14(19)17-12-4-2-11(15)3-5-12/h2-5,10,13H,6-9,16H2,1H3,(H,17,19). The molecule has 4 nitrogen and oxygen atoms in total. The van der Waals surface area contributed by atoms with E-state index in [1.807, 2.05) is 24.3 Å². The predicted octanol–water partition coefficient (Wildman–Crippen LogP) is 2.06. The van der Waals surface area contributed by atoms with Crippen molar-refractivity contribution in [1.29, 1.82) is 0 Å². The van der Waals surface area contributed by atoms with Gasteiger partial charge in [-0.25, -0.2) is 0 Å². The number of hydrogen-bond acceptors (Lipinski definition) is 3. The molecule has 0 spiro atoms. The lowest BCUT2D eigenvalue weighted by Crippen LogP contribution is -2.49. The molecule has 3 N–H and O–H groups in total. The molecule has 19 heavy (non-hydrogen) atoms. The third kappa shape index (κ3) is 4.30. The number of likely N-dealkylation sites (tertiary alicyclic amines) is 1. The molecule has 0 saturated carbocycles. The topological polar surface area (TPSA) is 58.4 Å². The zero-order valence-corrected chi connectivity index (χ0v) is 12.7. The maximum Gasteiger partial charge on any atom is 0.238 e. The molecule has 1 fully saturated rings. The fourth-order valence-electron chi connectivity index (χ4n) is 2.25. The molecule has 2 unspecified atom stereocenters. The molecule has 2 atom stereocenters. The molecule has 0 bridgehead atoms. The molecule has 1 saturated heterocycles. The van der Waals surface area contributed by atoms with Gasteiger partial charge in [-0.2, -0.15) is 0 Å². The van der Waals surface area contributed by atoms with Crippen LogP contribution >= 0.6 is 15.9 Å². The van der Waals surface area contributed by atoms with Crippen molar-refractivity contribution >= 4 is 27.5 Å². The second kappa shape index (κ2) is 6.50. The fourth-order valence-corrected chi connectivity index (χ4v) is 2.51. The van der Waals surface area contributed by atoms with Crippen molar-refractivity contribution in [1.82, 2.24) is 4.90 Å². The summed E-state index contributed by atoms with van der Waals surface area (Å²) in [5, 5.41) is 2.90. The van der Waals surface area contributed by atoms with Crippen LogP contribution in [0.5, 0.6) is 0 Å². The van der Waals surface area contributed by atoms with Crippen molar-refractivity contribution in [2.45, 2.75) is 19.4 Å². The Balaban J connectivity index is 1.83. The number of benzene rings is 1. The summed E-state index contributed by atoms with van der Waals surface area (Å²) in [4.78, 5) is 14.1. The highest BCUT2D eigenvalue weighted by Crippen LogP contribution is 2.16. The summed E-state index contributed by atoms with van der Waals surface area (Å²) in [5.74, 6) is 0.565. The number of nitrogens with two attached hydrogens (primary N) is 1. The van der Waals surface area contributed by atoms with E-state index >= 15 is 0 Å². The van der Waals surface area contributed by atoms with Crippen molar-refractivity contribution in [2.75, 3.05) is 25.0 Å². The van der Waals surface area contributed by atoms with Crippen LogP contribution in [0, 0.1) is 5.92 Å². The number of piperidine rings is 1. The fraction of sp³-hybridized carbons (Fsp3) is 0.500. The number of nitrogens with one attached hydrogen (secondary N) is 1. The van der Waals surface area contributed by atoms with Crippen molar-refractivity contribution < 1.29 is 4.79 Å². The largest absolute Gasteiger partial charge is 0.326 e. The van der Waals surface area contributed by atoms with E-state index in [-0.39, 0.29) is 11.9 Å². The number of nitrogens with zero attached hydrogens (tertiary/aromatic N) is 1. The Labute approximate surface area is 122 Å². The van der Waals surface area contributed by atoms with Crippen LogP contribution in [0.25, 0.3) is 0 Å². The van der Waals surface area contributed by atoms with Gasteiger partial charge < -0.3 is 11.1 Å². The number of carbonyl (C=O) groups excluding carboxylic acids is 1. The van der Waals surface area contributed by atoms with Gasteiger partial charge in [-0.3, -0.25) is 9.69 Å². The number of carbonyl (C=O) groups is 1. The number of halogens is 1. The lowest BCUT2D eigenvalue weighted by Gasteiger charge is -2.34. The minimum absolute atomic E-state index is 0.0177. The molecule has 0 aliphatic carbocycles. The highest BCUT2D eigenvalue weighted by molar-refractivity contribution is 9.10. The van der Waals surface area contributed by atoms with Crippen LogP contribution in [0.1, 0.15) is 13.3 Å². The Morgan fingerprint density at radius 3 is 2.79 bits per heavy atom. The normalized spacial score (nSPS) is 24.2. The lowest BCUT2D eigenvalue weighted by molar-refractivity contribution is -0.117. The van der Waals surface area contributed by atoms with E-state index in [2.05, 4.69) is 33.1 Å². The third-order valence-electron chi connectivity index (χ3n) is 3.60. The van der Waals surface area contributed by atoms with Gasteiger partial charge in [0.15, 0.2) is 0 Å². The van der Waals surface area contributed by atoms with Gasteiger partial charge in [0.25, 0.3) is 0 Å². The van der Waals surface area contributed by atoms with Crippen LogP contribution in [-0.4, -0.2) is 36.5 Å². The minimum atomic E-state index is 0.0177. The zero-order chi connectivity index (χ0) is 13.8. The van der Waals surface area contributed by atoms with E-state index in [9.17, 15) is 4.79 Å². The monoisotopic (exact) mass is 325 g/mol. The first kappa shape index (κ1) is 14.5. The van der Waals surface area contributed by atoms with Gasteiger partial charge in [0.05, 0.1) is 6.54 Å². The summed E-state index contributed by atoms with van der Waals surface area (Å²) in [5.41, 5.74) is 6.86. The summed E-state index contributed by atoms with van der Waals surface area (Å²) in [6.07, 6.45) is 1.06. The SMILES string of the molecule is CC1CCN(CC(=O)Nc2ccc(Br)cc2)CC1N. The van der Waals surface area contributed by atoms with E-state index in [1.54, 1.807) is 0 Å². The second-order valence-electron chi connectivity index (χ2n) is 5.22.